The third kappa shape index (κ3) is 3.09. The van der Waals surface area contributed by atoms with Gasteiger partial charge in [0.2, 0.25) is 0 Å². The fourth-order valence-electron chi connectivity index (χ4n) is 2.22. The van der Waals surface area contributed by atoms with Crippen molar-refractivity contribution in [2.24, 2.45) is 0 Å². The number of anilines is 1. The maximum Gasteiger partial charge on any atom is 0.0819 e. The highest BCUT2D eigenvalue weighted by Gasteiger charge is 2.05. The van der Waals surface area contributed by atoms with Crippen LogP contribution in [0.1, 0.15) is 11.3 Å². The first kappa shape index (κ1) is 13.7. The van der Waals surface area contributed by atoms with E-state index in [4.69, 9.17) is 11.6 Å². The summed E-state index contributed by atoms with van der Waals surface area (Å²) in [4.78, 5) is 0. The Bertz CT molecular complexity index is 715. The average Bonchev–Trinajstić information content (AvgIpc) is 2.97. The number of para-hydroxylation sites is 2. The van der Waals surface area contributed by atoms with Crippen molar-refractivity contribution in [3.05, 3.63) is 77.1 Å². The number of aryl methyl sites for hydroxylation is 1. The van der Waals surface area contributed by atoms with Gasteiger partial charge in [0.15, 0.2) is 0 Å². The van der Waals surface area contributed by atoms with Crippen LogP contribution in [-0.4, -0.2) is 9.78 Å². The highest BCUT2D eigenvalue weighted by Crippen LogP contribution is 2.25. The molecule has 0 aliphatic carbocycles. The predicted molar refractivity (Wildman–Crippen MR) is 87.1 cm³/mol. The quantitative estimate of drug-likeness (QED) is 0.771. The molecule has 3 nitrogen and oxygen atoms in total. The van der Waals surface area contributed by atoms with Crippen molar-refractivity contribution in [3.63, 3.8) is 0 Å². The Hall–Kier alpha value is -2.26. The van der Waals surface area contributed by atoms with Crippen molar-refractivity contribution >= 4 is 17.3 Å². The van der Waals surface area contributed by atoms with E-state index in [0.29, 0.717) is 6.54 Å². The van der Waals surface area contributed by atoms with Crippen molar-refractivity contribution in [3.8, 4) is 5.69 Å². The Morgan fingerprint density at radius 3 is 2.62 bits per heavy atom. The summed E-state index contributed by atoms with van der Waals surface area (Å²) in [7, 11) is 0. The number of nitrogens with zero attached hydrogens (tertiary/aromatic N) is 2. The van der Waals surface area contributed by atoms with Crippen LogP contribution in [0.5, 0.6) is 0 Å². The SMILES string of the molecule is Cc1cccc(Cl)c1NCc1ccn(-c2ccccc2)n1. The zero-order valence-corrected chi connectivity index (χ0v) is 12.5. The molecule has 106 valence electrons. The van der Waals surface area contributed by atoms with Gasteiger partial charge in [0.25, 0.3) is 0 Å². The number of nitrogens with one attached hydrogen (secondary N) is 1. The van der Waals surface area contributed by atoms with Crippen LogP contribution in [0, 0.1) is 6.92 Å². The third-order valence-corrected chi connectivity index (χ3v) is 3.65. The van der Waals surface area contributed by atoms with Crippen LogP contribution in [0.3, 0.4) is 0 Å². The third-order valence-electron chi connectivity index (χ3n) is 3.33. The molecule has 4 heteroatoms. The molecule has 3 aromatic rings. The van der Waals surface area contributed by atoms with Crippen molar-refractivity contribution in [2.45, 2.75) is 13.5 Å². The minimum atomic E-state index is 0.643. The minimum absolute atomic E-state index is 0.643. The van der Waals surface area contributed by atoms with Gasteiger partial charge in [0.05, 0.1) is 28.6 Å². The molecule has 0 aliphatic rings. The Morgan fingerprint density at radius 2 is 1.86 bits per heavy atom. The molecule has 0 radical (unpaired) electrons. The molecule has 0 bridgehead atoms. The van der Waals surface area contributed by atoms with Gasteiger partial charge in [-0.1, -0.05) is 41.9 Å². The van der Waals surface area contributed by atoms with Crippen LogP contribution in [0.4, 0.5) is 5.69 Å². The van der Waals surface area contributed by atoms with E-state index in [1.165, 1.54) is 0 Å². The van der Waals surface area contributed by atoms with Crippen molar-refractivity contribution in [2.75, 3.05) is 5.32 Å². The first-order chi connectivity index (χ1) is 10.2. The first-order valence-corrected chi connectivity index (χ1v) is 7.21. The van der Waals surface area contributed by atoms with Gasteiger partial charge in [0.1, 0.15) is 0 Å². The average molecular weight is 298 g/mol. The number of halogens is 1. The highest BCUT2D eigenvalue weighted by atomic mass is 35.5. The second-order valence-corrected chi connectivity index (χ2v) is 5.28. The molecule has 1 aromatic heterocycles. The summed E-state index contributed by atoms with van der Waals surface area (Å²) in [6.07, 6.45) is 1.96. The smallest absolute Gasteiger partial charge is 0.0819 e. The van der Waals surface area contributed by atoms with E-state index < -0.39 is 0 Å². The Balaban J connectivity index is 1.74. The monoisotopic (exact) mass is 297 g/mol. The van der Waals surface area contributed by atoms with Crippen LogP contribution in [0.2, 0.25) is 5.02 Å². The van der Waals surface area contributed by atoms with E-state index in [1.54, 1.807) is 0 Å². The van der Waals surface area contributed by atoms with Gasteiger partial charge in [-0.2, -0.15) is 5.10 Å². The Kier molecular flexibility index (Phi) is 3.93. The van der Waals surface area contributed by atoms with Gasteiger partial charge in [0, 0.05) is 6.20 Å². The standard InChI is InChI=1S/C17H16ClN3/c1-13-6-5-9-16(18)17(13)19-12-14-10-11-21(20-14)15-7-3-2-4-8-15/h2-11,19H,12H2,1H3. The molecule has 0 atom stereocenters. The van der Waals surface area contributed by atoms with Gasteiger partial charge in [-0.15, -0.1) is 0 Å². The number of rotatable bonds is 4. The molecule has 2 aromatic carbocycles. The molecule has 1 N–H and O–H groups in total. The van der Waals surface area contributed by atoms with Crippen molar-refractivity contribution in [1.82, 2.24) is 9.78 Å². The molecule has 0 spiro atoms. The molecule has 0 saturated carbocycles. The molecule has 1 heterocycles. The van der Waals surface area contributed by atoms with E-state index >= 15 is 0 Å². The lowest BCUT2D eigenvalue weighted by molar-refractivity contribution is 0.844. The normalized spacial score (nSPS) is 10.6. The molecular formula is C17H16ClN3. The second kappa shape index (κ2) is 6.02. The van der Waals surface area contributed by atoms with Gasteiger partial charge < -0.3 is 5.32 Å². The molecule has 0 saturated heterocycles. The van der Waals surface area contributed by atoms with Crippen molar-refractivity contribution < 1.29 is 0 Å². The van der Waals surface area contributed by atoms with E-state index in [9.17, 15) is 0 Å². The summed E-state index contributed by atoms with van der Waals surface area (Å²) in [6.45, 7) is 2.68. The molecule has 0 aliphatic heterocycles. The maximum atomic E-state index is 6.21. The summed E-state index contributed by atoms with van der Waals surface area (Å²) in [5.41, 5.74) is 4.12. The van der Waals surface area contributed by atoms with Crippen LogP contribution in [0.15, 0.2) is 60.8 Å². The molecule has 0 fully saturated rings. The van der Waals surface area contributed by atoms with Gasteiger partial charge in [-0.3, -0.25) is 0 Å². The van der Waals surface area contributed by atoms with E-state index in [-0.39, 0.29) is 0 Å². The molecule has 21 heavy (non-hydrogen) atoms. The maximum absolute atomic E-state index is 6.21. The molecule has 0 unspecified atom stereocenters. The summed E-state index contributed by atoms with van der Waals surface area (Å²) in [5.74, 6) is 0. The largest absolute Gasteiger partial charge is 0.378 e. The second-order valence-electron chi connectivity index (χ2n) is 4.87. The zero-order valence-electron chi connectivity index (χ0n) is 11.8. The lowest BCUT2D eigenvalue weighted by Crippen LogP contribution is -2.03. The van der Waals surface area contributed by atoms with E-state index in [1.807, 2.05) is 72.4 Å². The number of hydrogen-bond donors (Lipinski definition) is 1. The number of benzene rings is 2. The lowest BCUT2D eigenvalue weighted by Gasteiger charge is -2.10. The Morgan fingerprint density at radius 1 is 1.05 bits per heavy atom. The number of aromatic nitrogens is 2. The zero-order chi connectivity index (χ0) is 14.7. The van der Waals surface area contributed by atoms with Crippen LogP contribution in [0.25, 0.3) is 5.69 Å². The van der Waals surface area contributed by atoms with Gasteiger partial charge in [-0.05, 0) is 36.8 Å². The number of hydrogen-bond acceptors (Lipinski definition) is 2. The highest BCUT2D eigenvalue weighted by molar-refractivity contribution is 6.33. The minimum Gasteiger partial charge on any atom is -0.378 e. The predicted octanol–water partition coefficient (Wildman–Crippen LogP) is 4.45. The van der Waals surface area contributed by atoms with Crippen molar-refractivity contribution in [1.29, 1.82) is 0 Å². The summed E-state index contributed by atoms with van der Waals surface area (Å²) >= 11 is 6.21. The van der Waals surface area contributed by atoms with Gasteiger partial charge >= 0.3 is 0 Å². The van der Waals surface area contributed by atoms with Crippen LogP contribution >= 0.6 is 11.6 Å². The summed E-state index contributed by atoms with van der Waals surface area (Å²) < 4.78 is 1.87. The topological polar surface area (TPSA) is 29.9 Å². The fraction of sp³-hybridized carbons (Fsp3) is 0.118. The van der Waals surface area contributed by atoms with Crippen LogP contribution < -0.4 is 5.32 Å². The van der Waals surface area contributed by atoms with E-state index in [0.717, 1.165) is 27.7 Å². The first-order valence-electron chi connectivity index (χ1n) is 6.83. The lowest BCUT2D eigenvalue weighted by atomic mass is 10.2. The fourth-order valence-corrected chi connectivity index (χ4v) is 2.50. The van der Waals surface area contributed by atoms with E-state index in [2.05, 4.69) is 10.4 Å². The summed E-state index contributed by atoms with van der Waals surface area (Å²) in [6, 6.07) is 17.9. The molecule has 0 amide bonds. The Labute approximate surface area is 129 Å². The molecular weight excluding hydrogens is 282 g/mol. The van der Waals surface area contributed by atoms with Gasteiger partial charge in [-0.25, -0.2) is 4.68 Å². The van der Waals surface area contributed by atoms with Crippen LogP contribution in [-0.2, 0) is 6.54 Å². The summed E-state index contributed by atoms with van der Waals surface area (Å²) in [5, 5.41) is 8.65. The molecule has 3 rings (SSSR count).